The third-order valence-electron chi connectivity index (χ3n) is 3.70. The van der Waals surface area contributed by atoms with E-state index in [4.69, 9.17) is 16.3 Å². The van der Waals surface area contributed by atoms with Gasteiger partial charge in [0, 0.05) is 42.6 Å². The highest BCUT2D eigenvalue weighted by Gasteiger charge is 2.07. The summed E-state index contributed by atoms with van der Waals surface area (Å²) in [7, 11) is 1.69. The van der Waals surface area contributed by atoms with Gasteiger partial charge in [0.1, 0.15) is 5.82 Å². The van der Waals surface area contributed by atoms with Crippen molar-refractivity contribution in [2.45, 2.75) is 6.42 Å². The van der Waals surface area contributed by atoms with Crippen LogP contribution in [0.4, 0.5) is 17.5 Å². The molecule has 0 aliphatic heterocycles. The maximum absolute atomic E-state index is 6.07. The fourth-order valence-corrected chi connectivity index (χ4v) is 2.67. The monoisotopic (exact) mass is 368 g/mol. The molecule has 2 aromatic carbocycles. The van der Waals surface area contributed by atoms with Crippen molar-refractivity contribution in [2.75, 3.05) is 30.9 Å². The second-order valence-electron chi connectivity index (χ2n) is 5.74. The third-order valence-corrected chi connectivity index (χ3v) is 3.94. The van der Waals surface area contributed by atoms with Gasteiger partial charge < -0.3 is 15.4 Å². The summed E-state index contributed by atoms with van der Waals surface area (Å²) in [4.78, 5) is 9.20. The summed E-state index contributed by atoms with van der Waals surface area (Å²) in [5.74, 6) is 1.28. The predicted octanol–water partition coefficient (Wildman–Crippen LogP) is 4.99. The molecule has 0 aliphatic rings. The summed E-state index contributed by atoms with van der Waals surface area (Å²) in [6.45, 7) is 1.43. The summed E-state index contributed by atoms with van der Waals surface area (Å²) < 4.78 is 5.08. The number of hydrogen-bond donors (Lipinski definition) is 2. The molecule has 0 atom stereocenters. The van der Waals surface area contributed by atoms with Gasteiger partial charge in [-0.2, -0.15) is 4.98 Å². The van der Waals surface area contributed by atoms with Crippen molar-refractivity contribution in [3.8, 4) is 11.3 Å². The number of benzene rings is 2. The molecule has 3 aromatic rings. The Labute approximate surface area is 158 Å². The van der Waals surface area contributed by atoms with Gasteiger partial charge in [-0.1, -0.05) is 48.0 Å². The Morgan fingerprint density at radius 2 is 1.85 bits per heavy atom. The van der Waals surface area contributed by atoms with Gasteiger partial charge in [-0.3, -0.25) is 0 Å². The Balaban J connectivity index is 1.86. The van der Waals surface area contributed by atoms with Crippen molar-refractivity contribution < 1.29 is 4.74 Å². The summed E-state index contributed by atoms with van der Waals surface area (Å²) in [6, 6.07) is 19.5. The maximum atomic E-state index is 6.07. The lowest BCUT2D eigenvalue weighted by atomic mass is 10.1. The average Bonchev–Trinajstić information content (AvgIpc) is 2.66. The predicted molar refractivity (Wildman–Crippen MR) is 107 cm³/mol. The van der Waals surface area contributed by atoms with Crippen molar-refractivity contribution >= 4 is 29.1 Å². The number of halogens is 1. The van der Waals surface area contributed by atoms with Crippen molar-refractivity contribution in [1.29, 1.82) is 0 Å². The number of nitrogens with one attached hydrogen (secondary N) is 2. The fourth-order valence-electron chi connectivity index (χ4n) is 2.48. The number of nitrogens with zero attached hydrogens (tertiary/aromatic N) is 2. The number of methoxy groups -OCH3 is 1. The number of aromatic nitrogens is 2. The van der Waals surface area contributed by atoms with E-state index in [1.165, 1.54) is 0 Å². The molecule has 134 valence electrons. The molecule has 2 N–H and O–H groups in total. The van der Waals surface area contributed by atoms with Crippen LogP contribution < -0.4 is 10.6 Å². The van der Waals surface area contributed by atoms with Crippen LogP contribution in [0.5, 0.6) is 0 Å². The van der Waals surface area contributed by atoms with Gasteiger partial charge in [-0.25, -0.2) is 4.98 Å². The average molecular weight is 369 g/mol. The molecule has 1 heterocycles. The van der Waals surface area contributed by atoms with Crippen LogP contribution in [0, 0.1) is 0 Å². The van der Waals surface area contributed by atoms with E-state index in [1.54, 1.807) is 7.11 Å². The fraction of sp³-hybridized carbons (Fsp3) is 0.200. The zero-order valence-electron chi connectivity index (χ0n) is 14.6. The van der Waals surface area contributed by atoms with Gasteiger partial charge in [0.05, 0.1) is 5.69 Å². The molecule has 0 radical (unpaired) electrons. The quantitative estimate of drug-likeness (QED) is 0.548. The Morgan fingerprint density at radius 1 is 1.00 bits per heavy atom. The summed E-state index contributed by atoms with van der Waals surface area (Å²) in [5.41, 5.74) is 2.75. The Morgan fingerprint density at radius 3 is 2.62 bits per heavy atom. The molecule has 5 nitrogen and oxygen atoms in total. The highest BCUT2D eigenvalue weighted by atomic mass is 35.5. The van der Waals surface area contributed by atoms with E-state index >= 15 is 0 Å². The number of rotatable bonds is 8. The van der Waals surface area contributed by atoms with E-state index in [1.807, 2.05) is 60.7 Å². The number of hydrogen-bond acceptors (Lipinski definition) is 5. The molecule has 0 saturated carbocycles. The van der Waals surface area contributed by atoms with E-state index in [2.05, 4.69) is 20.6 Å². The van der Waals surface area contributed by atoms with Crippen molar-refractivity contribution in [3.63, 3.8) is 0 Å². The SMILES string of the molecule is COCCCNc1nc(Nc2cccc(Cl)c2)cc(-c2ccccc2)n1. The van der Waals surface area contributed by atoms with Crippen molar-refractivity contribution in [3.05, 3.63) is 65.7 Å². The smallest absolute Gasteiger partial charge is 0.225 e. The van der Waals surface area contributed by atoms with Gasteiger partial charge in [0.2, 0.25) is 5.95 Å². The molecule has 0 spiro atoms. The molecule has 1 aromatic heterocycles. The van der Waals surface area contributed by atoms with E-state index in [9.17, 15) is 0 Å². The summed E-state index contributed by atoms with van der Waals surface area (Å²) in [5, 5.41) is 7.23. The first kappa shape index (κ1) is 18.2. The molecule has 26 heavy (non-hydrogen) atoms. The first-order valence-electron chi connectivity index (χ1n) is 8.44. The maximum Gasteiger partial charge on any atom is 0.225 e. The Hall–Kier alpha value is -2.63. The van der Waals surface area contributed by atoms with Crippen LogP contribution in [0.15, 0.2) is 60.7 Å². The third kappa shape index (κ3) is 5.18. The molecule has 6 heteroatoms. The van der Waals surface area contributed by atoms with Gasteiger partial charge in [0.25, 0.3) is 0 Å². The van der Waals surface area contributed by atoms with Crippen molar-refractivity contribution in [2.24, 2.45) is 0 Å². The van der Waals surface area contributed by atoms with Crippen molar-refractivity contribution in [1.82, 2.24) is 9.97 Å². The van der Waals surface area contributed by atoms with E-state index in [0.29, 0.717) is 23.4 Å². The number of anilines is 3. The number of ether oxygens (including phenoxy) is 1. The van der Waals surface area contributed by atoms with Gasteiger partial charge in [0.15, 0.2) is 0 Å². The minimum Gasteiger partial charge on any atom is -0.385 e. The van der Waals surface area contributed by atoms with Crippen LogP contribution in [0.3, 0.4) is 0 Å². The van der Waals surface area contributed by atoms with Crippen LogP contribution in [0.25, 0.3) is 11.3 Å². The summed E-state index contributed by atoms with van der Waals surface area (Å²) in [6.07, 6.45) is 0.881. The van der Waals surface area contributed by atoms with E-state index < -0.39 is 0 Å². The lowest BCUT2D eigenvalue weighted by Gasteiger charge is -2.12. The van der Waals surface area contributed by atoms with Gasteiger partial charge in [-0.05, 0) is 24.6 Å². The van der Waals surface area contributed by atoms with Crippen LogP contribution >= 0.6 is 11.6 Å². The largest absolute Gasteiger partial charge is 0.385 e. The molecule has 0 unspecified atom stereocenters. The minimum atomic E-state index is 0.576. The first-order chi connectivity index (χ1) is 12.7. The van der Waals surface area contributed by atoms with Gasteiger partial charge >= 0.3 is 0 Å². The molecular formula is C20H21ClN4O. The Bertz CT molecular complexity index is 842. The highest BCUT2D eigenvalue weighted by molar-refractivity contribution is 6.30. The minimum absolute atomic E-state index is 0.576. The van der Waals surface area contributed by atoms with Crippen LogP contribution in [0.1, 0.15) is 6.42 Å². The van der Waals surface area contributed by atoms with E-state index in [0.717, 1.165) is 29.9 Å². The molecule has 0 fully saturated rings. The zero-order valence-corrected chi connectivity index (χ0v) is 15.3. The van der Waals surface area contributed by atoms with Crippen LogP contribution in [-0.4, -0.2) is 30.2 Å². The lowest BCUT2D eigenvalue weighted by molar-refractivity contribution is 0.197. The second kappa shape index (κ2) is 9.17. The standard InChI is InChI=1S/C20H21ClN4O/c1-26-12-6-11-22-20-24-18(15-7-3-2-4-8-15)14-19(25-20)23-17-10-5-9-16(21)13-17/h2-5,7-10,13-14H,6,11-12H2,1H3,(H2,22,23,24,25). The van der Waals surface area contributed by atoms with Crippen LogP contribution in [-0.2, 0) is 4.74 Å². The van der Waals surface area contributed by atoms with Gasteiger partial charge in [-0.15, -0.1) is 0 Å². The Kier molecular flexibility index (Phi) is 6.41. The zero-order chi connectivity index (χ0) is 18.2. The second-order valence-corrected chi connectivity index (χ2v) is 6.17. The molecule has 0 amide bonds. The molecular weight excluding hydrogens is 348 g/mol. The molecule has 0 saturated heterocycles. The molecule has 3 rings (SSSR count). The molecule has 0 aliphatic carbocycles. The topological polar surface area (TPSA) is 59.1 Å². The van der Waals surface area contributed by atoms with Crippen LogP contribution in [0.2, 0.25) is 5.02 Å². The first-order valence-corrected chi connectivity index (χ1v) is 8.82. The van der Waals surface area contributed by atoms with E-state index in [-0.39, 0.29) is 0 Å². The normalized spacial score (nSPS) is 10.5. The highest BCUT2D eigenvalue weighted by Crippen LogP contribution is 2.24. The molecule has 0 bridgehead atoms. The summed E-state index contributed by atoms with van der Waals surface area (Å²) >= 11 is 6.07. The lowest BCUT2D eigenvalue weighted by Crippen LogP contribution is -2.09.